The summed E-state index contributed by atoms with van der Waals surface area (Å²) in [4.78, 5) is 50.0. The van der Waals surface area contributed by atoms with Gasteiger partial charge < -0.3 is 14.2 Å². The minimum Gasteiger partial charge on any atom is -0.493 e. The fraction of sp³-hybridized carbons (Fsp3) is 0.207. The third kappa shape index (κ3) is 7.00. The molecule has 0 aliphatic carbocycles. The van der Waals surface area contributed by atoms with Gasteiger partial charge in [-0.2, -0.15) is 0 Å². The van der Waals surface area contributed by atoms with Gasteiger partial charge in [-0.05, 0) is 66.1 Å². The molecular formula is C29H26ClN3O8. The Morgan fingerprint density at radius 1 is 0.951 bits per heavy atom. The Morgan fingerprint density at radius 3 is 2.34 bits per heavy atom. The monoisotopic (exact) mass is 579 g/mol. The molecule has 1 aliphatic heterocycles. The first-order chi connectivity index (χ1) is 19.7. The molecule has 12 heteroatoms. The van der Waals surface area contributed by atoms with E-state index >= 15 is 0 Å². The summed E-state index contributed by atoms with van der Waals surface area (Å²) in [5.74, 6) is -0.382. The van der Waals surface area contributed by atoms with Gasteiger partial charge in [0.25, 0.3) is 17.5 Å². The number of amides is 4. The Hall–Kier alpha value is -4.90. The largest absolute Gasteiger partial charge is 0.493 e. The molecule has 11 nitrogen and oxygen atoms in total. The summed E-state index contributed by atoms with van der Waals surface area (Å²) in [6, 6.07) is 14.7. The van der Waals surface area contributed by atoms with Crippen molar-refractivity contribution in [3.63, 3.8) is 0 Å². The van der Waals surface area contributed by atoms with Crippen molar-refractivity contribution >= 4 is 41.2 Å². The molecule has 212 valence electrons. The van der Waals surface area contributed by atoms with Gasteiger partial charge in [-0.3, -0.25) is 29.9 Å². The lowest BCUT2D eigenvalue weighted by Gasteiger charge is -2.26. The Kier molecular flexibility index (Phi) is 9.20. The van der Waals surface area contributed by atoms with Gasteiger partial charge in [0.2, 0.25) is 0 Å². The second-order valence-corrected chi connectivity index (χ2v) is 9.37. The van der Waals surface area contributed by atoms with E-state index in [1.807, 2.05) is 6.92 Å². The van der Waals surface area contributed by atoms with Crippen LogP contribution < -0.4 is 19.5 Å². The first kappa shape index (κ1) is 29.1. The van der Waals surface area contributed by atoms with E-state index in [-0.39, 0.29) is 24.4 Å². The van der Waals surface area contributed by atoms with Crippen LogP contribution in [0.15, 0.2) is 66.2 Å². The second kappa shape index (κ2) is 13.0. The fourth-order valence-electron chi connectivity index (χ4n) is 3.96. The number of rotatable bonds is 11. The zero-order chi connectivity index (χ0) is 29.5. The highest BCUT2D eigenvalue weighted by atomic mass is 35.5. The molecule has 1 fully saturated rings. The molecule has 1 heterocycles. The summed E-state index contributed by atoms with van der Waals surface area (Å²) in [7, 11) is 1.49. The second-order valence-electron chi connectivity index (χ2n) is 8.94. The fourth-order valence-corrected chi connectivity index (χ4v) is 4.14. The number of methoxy groups -OCH3 is 1. The average molecular weight is 580 g/mol. The minimum absolute atomic E-state index is 0.0502. The van der Waals surface area contributed by atoms with Gasteiger partial charge in [0, 0.05) is 22.7 Å². The number of halogens is 1. The van der Waals surface area contributed by atoms with Crippen LogP contribution >= 0.6 is 11.6 Å². The van der Waals surface area contributed by atoms with Crippen LogP contribution in [0.1, 0.15) is 30.0 Å². The van der Waals surface area contributed by atoms with Gasteiger partial charge in [0.15, 0.2) is 11.5 Å². The van der Waals surface area contributed by atoms with Gasteiger partial charge in [-0.25, -0.2) is 4.79 Å². The number of nitrogens with zero attached hydrogens (tertiary/aromatic N) is 2. The third-order valence-electron chi connectivity index (χ3n) is 6.03. The molecule has 1 aliphatic rings. The molecule has 0 radical (unpaired) electrons. The normalized spacial score (nSPS) is 14.2. The molecular weight excluding hydrogens is 554 g/mol. The lowest BCUT2D eigenvalue weighted by Crippen LogP contribution is -2.53. The van der Waals surface area contributed by atoms with E-state index in [1.165, 1.54) is 31.4 Å². The Labute approximate surface area is 240 Å². The van der Waals surface area contributed by atoms with Crippen molar-refractivity contribution < 1.29 is 33.5 Å². The summed E-state index contributed by atoms with van der Waals surface area (Å²) in [5.41, 5.74) is 1.23. The number of benzene rings is 3. The Morgan fingerprint density at radius 2 is 1.66 bits per heavy atom. The van der Waals surface area contributed by atoms with Crippen LogP contribution in [0.5, 0.6) is 17.2 Å². The number of nitro groups is 1. The molecule has 4 rings (SSSR count). The number of carbonyl (C=O) groups is 3. The summed E-state index contributed by atoms with van der Waals surface area (Å²) < 4.78 is 16.9. The molecule has 1 N–H and O–H groups in total. The van der Waals surface area contributed by atoms with Crippen molar-refractivity contribution in [3.05, 3.63) is 98.1 Å². The van der Waals surface area contributed by atoms with E-state index in [9.17, 15) is 24.5 Å². The van der Waals surface area contributed by atoms with Crippen LogP contribution in [0.4, 0.5) is 10.5 Å². The van der Waals surface area contributed by atoms with Crippen molar-refractivity contribution in [1.29, 1.82) is 0 Å². The smallest absolute Gasteiger partial charge is 0.331 e. The number of imide groups is 2. The SMILES string of the molecule is CCCOc1ccc(CN2C(=O)NC(=O)/C(=C\c3cc(Cl)ccc3OCc3ccc([N+](=O)[O-])cc3)C2=O)cc1OC. The highest BCUT2D eigenvalue weighted by Crippen LogP contribution is 2.30. The van der Waals surface area contributed by atoms with Gasteiger partial charge >= 0.3 is 6.03 Å². The summed E-state index contributed by atoms with van der Waals surface area (Å²) in [6.07, 6.45) is 2.11. The summed E-state index contributed by atoms with van der Waals surface area (Å²) in [6.45, 7) is 2.41. The number of ether oxygens (including phenoxy) is 3. The van der Waals surface area contributed by atoms with Gasteiger partial charge in [-0.1, -0.05) is 24.6 Å². The standard InChI is InChI=1S/C29H26ClN3O8/c1-3-12-40-25-10-6-19(13-26(25)39-2)16-32-28(35)23(27(34)31-29(32)36)15-20-14-21(30)7-11-24(20)41-17-18-4-8-22(9-5-18)33(37)38/h4-11,13-15H,3,12,16-17H2,1-2H3,(H,31,34,36)/b23-15+. The first-order valence-corrected chi connectivity index (χ1v) is 12.9. The maximum atomic E-state index is 13.4. The lowest BCUT2D eigenvalue weighted by molar-refractivity contribution is -0.384. The van der Waals surface area contributed by atoms with E-state index in [4.69, 9.17) is 25.8 Å². The lowest BCUT2D eigenvalue weighted by atomic mass is 10.1. The number of barbiturate groups is 1. The average Bonchev–Trinajstić information content (AvgIpc) is 2.96. The molecule has 0 bridgehead atoms. The molecule has 0 saturated carbocycles. The van der Waals surface area contributed by atoms with E-state index in [0.717, 1.165) is 11.3 Å². The zero-order valence-corrected chi connectivity index (χ0v) is 23.0. The van der Waals surface area contributed by atoms with E-state index in [0.29, 0.717) is 45.6 Å². The van der Waals surface area contributed by atoms with Gasteiger partial charge in [0.1, 0.15) is 17.9 Å². The predicted molar refractivity (Wildman–Crippen MR) is 150 cm³/mol. The van der Waals surface area contributed by atoms with Crippen molar-refractivity contribution in [2.45, 2.75) is 26.5 Å². The Bertz CT molecular complexity index is 1520. The van der Waals surface area contributed by atoms with Crippen LogP contribution in [0.3, 0.4) is 0 Å². The molecule has 0 spiro atoms. The number of non-ortho nitro benzene ring substituents is 1. The number of nitrogens with one attached hydrogen (secondary N) is 1. The first-order valence-electron chi connectivity index (χ1n) is 12.5. The number of hydrogen-bond donors (Lipinski definition) is 1. The third-order valence-corrected chi connectivity index (χ3v) is 6.26. The van der Waals surface area contributed by atoms with Crippen LogP contribution in [-0.4, -0.2) is 41.4 Å². The van der Waals surface area contributed by atoms with Crippen LogP contribution in [0, 0.1) is 10.1 Å². The minimum atomic E-state index is -0.863. The number of urea groups is 1. The van der Waals surface area contributed by atoms with E-state index in [1.54, 1.807) is 42.5 Å². The summed E-state index contributed by atoms with van der Waals surface area (Å²) in [5, 5.41) is 13.4. The van der Waals surface area contributed by atoms with Crippen molar-refractivity contribution in [1.82, 2.24) is 10.2 Å². The van der Waals surface area contributed by atoms with Crippen LogP contribution in [0.25, 0.3) is 6.08 Å². The maximum absolute atomic E-state index is 13.4. The number of carbonyl (C=O) groups excluding carboxylic acids is 3. The zero-order valence-electron chi connectivity index (χ0n) is 22.2. The number of hydrogen-bond acceptors (Lipinski definition) is 8. The highest BCUT2D eigenvalue weighted by molar-refractivity contribution is 6.32. The molecule has 3 aromatic rings. The van der Waals surface area contributed by atoms with Crippen LogP contribution in [0.2, 0.25) is 5.02 Å². The van der Waals surface area contributed by atoms with Gasteiger partial charge in [0.05, 0.1) is 25.2 Å². The molecule has 1 saturated heterocycles. The molecule has 0 atom stereocenters. The molecule has 3 aromatic carbocycles. The predicted octanol–water partition coefficient (Wildman–Crippen LogP) is 5.29. The van der Waals surface area contributed by atoms with Crippen LogP contribution in [-0.2, 0) is 22.7 Å². The van der Waals surface area contributed by atoms with Gasteiger partial charge in [-0.15, -0.1) is 0 Å². The quantitative estimate of drug-likeness (QED) is 0.140. The molecule has 4 amide bonds. The number of nitro benzene ring substituents is 1. The van der Waals surface area contributed by atoms with E-state index < -0.39 is 22.8 Å². The summed E-state index contributed by atoms with van der Waals surface area (Å²) >= 11 is 6.18. The van der Waals surface area contributed by atoms with E-state index in [2.05, 4.69) is 5.32 Å². The molecule has 0 aromatic heterocycles. The van der Waals surface area contributed by atoms with Crippen molar-refractivity contribution in [2.75, 3.05) is 13.7 Å². The maximum Gasteiger partial charge on any atom is 0.331 e. The Balaban J connectivity index is 1.57. The van der Waals surface area contributed by atoms with Crippen molar-refractivity contribution in [2.24, 2.45) is 0 Å². The van der Waals surface area contributed by atoms with Crippen molar-refractivity contribution in [3.8, 4) is 17.2 Å². The highest BCUT2D eigenvalue weighted by Gasteiger charge is 2.36. The molecule has 0 unspecified atom stereocenters. The topological polar surface area (TPSA) is 137 Å². The molecule has 41 heavy (non-hydrogen) atoms.